The fourth-order valence-corrected chi connectivity index (χ4v) is 2.45. The highest BCUT2D eigenvalue weighted by molar-refractivity contribution is 7.89. The highest BCUT2D eigenvalue weighted by Gasteiger charge is 2.47. The molecule has 20 heavy (non-hydrogen) atoms. The van der Waals surface area contributed by atoms with Crippen molar-refractivity contribution in [2.75, 3.05) is 7.11 Å². The number of primary sulfonamides is 1. The predicted molar refractivity (Wildman–Crippen MR) is 66.6 cm³/mol. The van der Waals surface area contributed by atoms with Gasteiger partial charge in [0, 0.05) is 20.2 Å². The van der Waals surface area contributed by atoms with E-state index in [0.29, 0.717) is 0 Å². The summed E-state index contributed by atoms with van der Waals surface area (Å²) in [6, 6.07) is 2.43. The summed E-state index contributed by atoms with van der Waals surface area (Å²) in [5.41, 5.74) is -0.421. The topological polar surface area (TPSA) is 109 Å². The molecule has 1 rings (SSSR count). The normalized spacial score (nSPS) is 16.2. The van der Waals surface area contributed by atoms with Gasteiger partial charge >= 0.3 is 5.97 Å². The number of ether oxygens (including phenoxy) is 2. The number of rotatable bonds is 5. The number of esters is 1. The van der Waals surface area contributed by atoms with Crippen LogP contribution >= 0.6 is 0 Å². The molecule has 7 nitrogen and oxygen atoms in total. The molecule has 2 N–H and O–H groups in total. The van der Waals surface area contributed by atoms with E-state index in [1.165, 1.54) is 12.3 Å². The zero-order valence-electron chi connectivity index (χ0n) is 11.2. The molecule has 0 aliphatic carbocycles. The Morgan fingerprint density at radius 3 is 2.55 bits per heavy atom. The molecule has 9 heteroatoms. The Balaban J connectivity index is 3.62. The number of methoxy groups -OCH3 is 1. The lowest BCUT2D eigenvalue weighted by Gasteiger charge is -2.32. The molecule has 1 aromatic heterocycles. The Morgan fingerprint density at radius 1 is 1.55 bits per heavy atom. The van der Waals surface area contributed by atoms with Gasteiger partial charge in [-0.1, -0.05) is 0 Å². The number of hydrogen-bond donors (Lipinski definition) is 1. The van der Waals surface area contributed by atoms with Crippen LogP contribution in [0.3, 0.4) is 0 Å². The maximum Gasteiger partial charge on any atom is 0.305 e. The number of alkyl halides is 1. The summed E-state index contributed by atoms with van der Waals surface area (Å²) in [6.07, 6.45) is -0.671. The van der Waals surface area contributed by atoms with Gasteiger partial charge in [-0.15, -0.1) is 0 Å². The van der Waals surface area contributed by atoms with Gasteiger partial charge in [0.2, 0.25) is 10.0 Å². The van der Waals surface area contributed by atoms with Crippen LogP contribution in [0.5, 0.6) is 0 Å². The van der Waals surface area contributed by atoms with Crippen LogP contribution in [0.15, 0.2) is 23.2 Å². The molecule has 0 fully saturated rings. The molecule has 0 saturated heterocycles. The third kappa shape index (κ3) is 3.11. The van der Waals surface area contributed by atoms with Crippen molar-refractivity contribution in [3.05, 3.63) is 24.0 Å². The van der Waals surface area contributed by atoms with Gasteiger partial charge in [-0.2, -0.15) is 0 Å². The van der Waals surface area contributed by atoms with Crippen LogP contribution in [0.1, 0.15) is 19.5 Å². The van der Waals surface area contributed by atoms with Crippen molar-refractivity contribution in [1.82, 2.24) is 4.98 Å². The van der Waals surface area contributed by atoms with Crippen molar-refractivity contribution in [2.45, 2.75) is 30.7 Å². The van der Waals surface area contributed by atoms with Crippen molar-refractivity contribution in [3.63, 3.8) is 0 Å². The van der Waals surface area contributed by atoms with Crippen LogP contribution in [-0.4, -0.2) is 32.7 Å². The molecule has 0 aromatic carbocycles. The van der Waals surface area contributed by atoms with Crippen LogP contribution in [0.25, 0.3) is 0 Å². The predicted octanol–water partition coefficient (Wildman–Crippen LogP) is 0.449. The van der Waals surface area contributed by atoms with Crippen LogP contribution in [-0.2, 0) is 30.1 Å². The maximum atomic E-state index is 14.0. The van der Waals surface area contributed by atoms with Gasteiger partial charge in [-0.25, -0.2) is 17.9 Å². The van der Waals surface area contributed by atoms with Crippen molar-refractivity contribution in [2.24, 2.45) is 5.14 Å². The summed E-state index contributed by atoms with van der Waals surface area (Å²) < 4.78 is 46.8. The van der Waals surface area contributed by atoms with Gasteiger partial charge in [0.25, 0.3) is 5.79 Å². The number of nitrogens with two attached hydrogens (primary N) is 1. The van der Waals surface area contributed by atoms with Gasteiger partial charge in [0.15, 0.2) is 6.17 Å². The quantitative estimate of drug-likeness (QED) is 0.625. The van der Waals surface area contributed by atoms with E-state index in [9.17, 15) is 17.6 Å². The van der Waals surface area contributed by atoms with E-state index >= 15 is 0 Å². The summed E-state index contributed by atoms with van der Waals surface area (Å²) in [5.74, 6) is -3.14. The average molecular weight is 306 g/mol. The number of aromatic nitrogens is 1. The lowest BCUT2D eigenvalue weighted by Crippen LogP contribution is -2.43. The second-order valence-corrected chi connectivity index (χ2v) is 5.51. The molecule has 1 aromatic rings. The Morgan fingerprint density at radius 2 is 2.15 bits per heavy atom. The monoisotopic (exact) mass is 306 g/mol. The molecular formula is C11H15FN2O5S. The second kappa shape index (κ2) is 5.81. The van der Waals surface area contributed by atoms with Gasteiger partial charge in [0.05, 0.1) is 0 Å². The first-order valence-corrected chi connectivity index (χ1v) is 7.07. The second-order valence-electron chi connectivity index (χ2n) is 3.98. The standard InChI is InChI=1S/C11H15FN2O5S/c1-7(12)11(18-3,19-8(2)15)10-9(20(13,16)17)5-4-6-14-10/h4-7H,1-3H3,(H2,13,16,17). The van der Waals surface area contributed by atoms with E-state index in [0.717, 1.165) is 27.0 Å². The molecule has 2 atom stereocenters. The fourth-order valence-electron chi connectivity index (χ4n) is 1.71. The van der Waals surface area contributed by atoms with Gasteiger partial charge in [-0.05, 0) is 19.1 Å². The molecule has 0 amide bonds. The van der Waals surface area contributed by atoms with E-state index in [2.05, 4.69) is 4.98 Å². The summed E-state index contributed by atoms with van der Waals surface area (Å²) in [5, 5.41) is 5.05. The van der Waals surface area contributed by atoms with E-state index in [1.807, 2.05) is 0 Å². The molecule has 0 radical (unpaired) electrons. The first-order valence-electron chi connectivity index (χ1n) is 5.52. The Bertz CT molecular complexity index is 605. The summed E-state index contributed by atoms with van der Waals surface area (Å²) in [7, 11) is -3.13. The number of halogens is 1. The third-order valence-electron chi connectivity index (χ3n) is 2.53. The number of hydrogen-bond acceptors (Lipinski definition) is 6. The van der Waals surface area contributed by atoms with E-state index < -0.39 is 38.5 Å². The maximum absolute atomic E-state index is 14.0. The van der Waals surface area contributed by atoms with Crippen LogP contribution < -0.4 is 5.14 Å². The molecule has 112 valence electrons. The summed E-state index contributed by atoms with van der Waals surface area (Å²) in [4.78, 5) is 14.5. The number of pyridine rings is 1. The first kappa shape index (κ1) is 16.5. The molecule has 2 unspecified atom stereocenters. The first-order chi connectivity index (χ1) is 9.15. The molecule has 0 aliphatic rings. The Kier molecular flexibility index (Phi) is 4.79. The van der Waals surface area contributed by atoms with E-state index in [4.69, 9.17) is 14.6 Å². The van der Waals surface area contributed by atoms with Crippen molar-refractivity contribution >= 4 is 16.0 Å². The zero-order chi connectivity index (χ0) is 15.6. The Labute approximate surface area is 115 Å². The average Bonchev–Trinajstić information content (AvgIpc) is 2.34. The molecule has 0 spiro atoms. The summed E-state index contributed by atoms with van der Waals surface area (Å²) in [6.45, 7) is 2.09. The highest BCUT2D eigenvalue weighted by atomic mass is 32.2. The van der Waals surface area contributed by atoms with Crippen molar-refractivity contribution in [1.29, 1.82) is 0 Å². The number of carbonyl (C=O) groups is 1. The third-order valence-corrected chi connectivity index (χ3v) is 3.47. The lowest BCUT2D eigenvalue weighted by atomic mass is 10.1. The minimum Gasteiger partial charge on any atom is -0.424 e. The number of nitrogens with zero attached hydrogens (tertiary/aromatic N) is 1. The Hall–Kier alpha value is -1.58. The smallest absolute Gasteiger partial charge is 0.305 e. The molecular weight excluding hydrogens is 291 g/mol. The minimum absolute atomic E-state index is 0.421. The van der Waals surface area contributed by atoms with Gasteiger partial charge in [-0.3, -0.25) is 9.78 Å². The van der Waals surface area contributed by atoms with E-state index in [1.54, 1.807) is 0 Å². The SMILES string of the molecule is COC(OC(C)=O)(c1ncccc1S(N)(=O)=O)C(C)F. The van der Waals surface area contributed by atoms with Gasteiger partial charge < -0.3 is 9.47 Å². The van der Waals surface area contributed by atoms with Crippen molar-refractivity contribution < 1.29 is 27.1 Å². The van der Waals surface area contributed by atoms with Gasteiger partial charge in [0.1, 0.15) is 10.6 Å². The van der Waals surface area contributed by atoms with Crippen LogP contribution in [0, 0.1) is 0 Å². The van der Waals surface area contributed by atoms with Crippen molar-refractivity contribution in [3.8, 4) is 0 Å². The van der Waals surface area contributed by atoms with Crippen LogP contribution in [0.2, 0.25) is 0 Å². The molecule has 0 bridgehead atoms. The lowest BCUT2D eigenvalue weighted by molar-refractivity contribution is -0.254. The molecule has 0 aliphatic heterocycles. The number of carbonyl (C=O) groups excluding carboxylic acids is 1. The van der Waals surface area contributed by atoms with E-state index in [-0.39, 0.29) is 0 Å². The summed E-state index contributed by atoms with van der Waals surface area (Å²) >= 11 is 0. The zero-order valence-corrected chi connectivity index (χ0v) is 12.0. The fraction of sp³-hybridized carbons (Fsp3) is 0.455. The molecule has 0 saturated carbocycles. The minimum atomic E-state index is -4.20. The largest absolute Gasteiger partial charge is 0.424 e. The molecule has 1 heterocycles. The highest BCUT2D eigenvalue weighted by Crippen LogP contribution is 2.34. The number of sulfonamides is 1. The van der Waals surface area contributed by atoms with Crippen LogP contribution in [0.4, 0.5) is 4.39 Å².